The fraction of sp³-hybridized carbons (Fsp3) is 0.500. The Kier molecular flexibility index (Phi) is 4.27. The maximum Gasteiger partial charge on any atom is 0.0378 e. The van der Waals surface area contributed by atoms with E-state index in [-0.39, 0.29) is 0 Å². The number of hydrogen-bond acceptors (Lipinski definition) is 2. The summed E-state index contributed by atoms with van der Waals surface area (Å²) in [5.74, 6) is 0. The first-order chi connectivity index (χ1) is 7.66. The Hall–Kier alpha value is -0.0600. The van der Waals surface area contributed by atoms with Gasteiger partial charge in [-0.05, 0) is 63.4 Å². The van der Waals surface area contributed by atoms with Gasteiger partial charge in [0.15, 0.2) is 0 Å². The number of nitrogens with zero attached hydrogens (tertiary/aromatic N) is 1. The maximum atomic E-state index is 3.55. The lowest BCUT2D eigenvalue weighted by molar-refractivity contribution is 0.566. The second kappa shape index (κ2) is 5.52. The van der Waals surface area contributed by atoms with E-state index in [2.05, 4.69) is 67.2 Å². The Morgan fingerprint density at radius 1 is 1.25 bits per heavy atom. The Morgan fingerprint density at radius 2 is 2.06 bits per heavy atom. The van der Waals surface area contributed by atoms with Crippen LogP contribution in [0.1, 0.15) is 13.3 Å². The standard InChI is InChI=1S/C12H16Br2N2/c1-9-4-6-16(7-5-15-9)10-2-3-11(13)12(14)8-10/h2-3,8-9,15H,4-7H2,1H3. The molecule has 1 atom stereocenters. The first-order valence-corrected chi connectivity index (χ1v) is 7.19. The summed E-state index contributed by atoms with van der Waals surface area (Å²) < 4.78 is 2.23. The summed E-state index contributed by atoms with van der Waals surface area (Å²) in [5.41, 5.74) is 1.30. The molecule has 0 aromatic heterocycles. The Morgan fingerprint density at radius 3 is 2.81 bits per heavy atom. The van der Waals surface area contributed by atoms with Gasteiger partial charge in [0.05, 0.1) is 0 Å². The summed E-state index contributed by atoms with van der Waals surface area (Å²) in [4.78, 5) is 2.44. The number of nitrogens with one attached hydrogen (secondary N) is 1. The second-order valence-electron chi connectivity index (χ2n) is 4.23. The van der Waals surface area contributed by atoms with Gasteiger partial charge in [0.25, 0.3) is 0 Å². The molecule has 1 aromatic carbocycles. The number of anilines is 1. The third-order valence-electron chi connectivity index (χ3n) is 2.97. The molecule has 0 saturated carbocycles. The molecule has 0 spiro atoms. The first kappa shape index (κ1) is 12.4. The highest BCUT2D eigenvalue weighted by molar-refractivity contribution is 9.13. The van der Waals surface area contributed by atoms with E-state index in [1.807, 2.05) is 0 Å². The van der Waals surface area contributed by atoms with Gasteiger partial charge in [-0.2, -0.15) is 0 Å². The van der Waals surface area contributed by atoms with Crippen molar-refractivity contribution >= 4 is 37.5 Å². The van der Waals surface area contributed by atoms with Crippen molar-refractivity contribution in [3.8, 4) is 0 Å². The van der Waals surface area contributed by atoms with Crippen molar-refractivity contribution in [1.29, 1.82) is 0 Å². The van der Waals surface area contributed by atoms with E-state index in [1.165, 1.54) is 12.1 Å². The average Bonchev–Trinajstić information content (AvgIpc) is 2.47. The number of rotatable bonds is 1. The molecular formula is C12H16Br2N2. The van der Waals surface area contributed by atoms with Crippen molar-refractivity contribution in [2.24, 2.45) is 0 Å². The van der Waals surface area contributed by atoms with Crippen LogP contribution < -0.4 is 10.2 Å². The lowest BCUT2D eigenvalue weighted by Crippen LogP contribution is -2.28. The number of halogens is 2. The van der Waals surface area contributed by atoms with Crippen LogP contribution in [0.4, 0.5) is 5.69 Å². The van der Waals surface area contributed by atoms with Gasteiger partial charge in [0.1, 0.15) is 0 Å². The SMILES string of the molecule is CC1CCN(c2ccc(Br)c(Br)c2)CCN1. The topological polar surface area (TPSA) is 15.3 Å². The first-order valence-electron chi connectivity index (χ1n) is 5.60. The molecule has 0 bridgehead atoms. The van der Waals surface area contributed by atoms with Gasteiger partial charge in [0, 0.05) is 40.3 Å². The third-order valence-corrected chi connectivity index (χ3v) is 4.85. The summed E-state index contributed by atoms with van der Waals surface area (Å²) in [7, 11) is 0. The molecular weight excluding hydrogens is 332 g/mol. The highest BCUT2D eigenvalue weighted by atomic mass is 79.9. The Balaban J connectivity index is 2.13. The molecule has 88 valence electrons. The van der Waals surface area contributed by atoms with Gasteiger partial charge in [-0.15, -0.1) is 0 Å². The lowest BCUT2D eigenvalue weighted by Gasteiger charge is -2.22. The molecule has 1 heterocycles. The van der Waals surface area contributed by atoms with Crippen LogP contribution in [0.25, 0.3) is 0 Å². The van der Waals surface area contributed by atoms with Crippen molar-refractivity contribution < 1.29 is 0 Å². The van der Waals surface area contributed by atoms with Crippen LogP contribution in [0.5, 0.6) is 0 Å². The molecule has 0 radical (unpaired) electrons. The zero-order valence-electron chi connectivity index (χ0n) is 9.34. The Bertz CT molecular complexity index is 368. The molecule has 1 fully saturated rings. The summed E-state index contributed by atoms with van der Waals surface area (Å²) in [6.07, 6.45) is 1.20. The molecule has 1 N–H and O–H groups in total. The van der Waals surface area contributed by atoms with E-state index in [1.54, 1.807) is 0 Å². The van der Waals surface area contributed by atoms with E-state index in [0.29, 0.717) is 6.04 Å². The normalized spacial score (nSPS) is 21.9. The minimum absolute atomic E-state index is 0.629. The smallest absolute Gasteiger partial charge is 0.0378 e. The maximum absolute atomic E-state index is 3.55. The van der Waals surface area contributed by atoms with Crippen LogP contribution in [0.15, 0.2) is 27.1 Å². The lowest BCUT2D eigenvalue weighted by atomic mass is 10.2. The monoisotopic (exact) mass is 346 g/mol. The van der Waals surface area contributed by atoms with Crippen molar-refractivity contribution in [2.45, 2.75) is 19.4 Å². The van der Waals surface area contributed by atoms with Gasteiger partial charge in [0.2, 0.25) is 0 Å². The van der Waals surface area contributed by atoms with Gasteiger partial charge in [-0.25, -0.2) is 0 Å². The van der Waals surface area contributed by atoms with E-state index in [0.717, 1.165) is 28.6 Å². The molecule has 2 rings (SSSR count). The summed E-state index contributed by atoms with van der Waals surface area (Å²) in [6, 6.07) is 7.08. The van der Waals surface area contributed by atoms with Crippen molar-refractivity contribution in [1.82, 2.24) is 5.32 Å². The summed E-state index contributed by atoms with van der Waals surface area (Å²) in [6.45, 7) is 5.52. The van der Waals surface area contributed by atoms with Crippen molar-refractivity contribution in [3.63, 3.8) is 0 Å². The Labute approximate surface area is 114 Å². The molecule has 1 unspecified atom stereocenters. The minimum atomic E-state index is 0.629. The summed E-state index contributed by atoms with van der Waals surface area (Å²) in [5, 5.41) is 3.51. The van der Waals surface area contributed by atoms with Crippen LogP contribution in [-0.2, 0) is 0 Å². The van der Waals surface area contributed by atoms with Gasteiger partial charge < -0.3 is 10.2 Å². The van der Waals surface area contributed by atoms with E-state index in [4.69, 9.17) is 0 Å². The minimum Gasteiger partial charge on any atom is -0.370 e. The average molecular weight is 348 g/mol. The molecule has 1 saturated heterocycles. The van der Waals surface area contributed by atoms with Crippen LogP contribution >= 0.6 is 31.9 Å². The number of hydrogen-bond donors (Lipinski definition) is 1. The van der Waals surface area contributed by atoms with Gasteiger partial charge >= 0.3 is 0 Å². The molecule has 0 amide bonds. The molecule has 2 nitrogen and oxygen atoms in total. The van der Waals surface area contributed by atoms with Crippen LogP contribution in [-0.4, -0.2) is 25.7 Å². The van der Waals surface area contributed by atoms with E-state index >= 15 is 0 Å². The predicted octanol–water partition coefficient (Wildman–Crippen LogP) is 3.40. The molecule has 4 heteroatoms. The zero-order valence-corrected chi connectivity index (χ0v) is 12.5. The largest absolute Gasteiger partial charge is 0.370 e. The van der Waals surface area contributed by atoms with E-state index in [9.17, 15) is 0 Å². The highest BCUT2D eigenvalue weighted by Crippen LogP contribution is 2.28. The fourth-order valence-electron chi connectivity index (χ4n) is 1.95. The molecule has 1 aliphatic rings. The van der Waals surface area contributed by atoms with Crippen LogP contribution in [0.3, 0.4) is 0 Å². The highest BCUT2D eigenvalue weighted by Gasteiger charge is 2.13. The van der Waals surface area contributed by atoms with Crippen LogP contribution in [0.2, 0.25) is 0 Å². The zero-order chi connectivity index (χ0) is 11.5. The predicted molar refractivity (Wildman–Crippen MR) is 76.1 cm³/mol. The summed E-state index contributed by atoms with van der Waals surface area (Å²) >= 11 is 7.06. The second-order valence-corrected chi connectivity index (χ2v) is 5.94. The van der Waals surface area contributed by atoms with Crippen molar-refractivity contribution in [3.05, 3.63) is 27.1 Å². The van der Waals surface area contributed by atoms with E-state index < -0.39 is 0 Å². The molecule has 1 aromatic rings. The molecule has 1 aliphatic heterocycles. The van der Waals surface area contributed by atoms with Gasteiger partial charge in [-0.1, -0.05) is 0 Å². The molecule has 0 aliphatic carbocycles. The molecule has 16 heavy (non-hydrogen) atoms. The third kappa shape index (κ3) is 2.99. The fourth-order valence-corrected chi connectivity index (χ4v) is 2.56. The van der Waals surface area contributed by atoms with Crippen molar-refractivity contribution in [2.75, 3.05) is 24.5 Å². The quantitative estimate of drug-likeness (QED) is 0.837. The van der Waals surface area contributed by atoms with Gasteiger partial charge in [-0.3, -0.25) is 0 Å². The number of benzene rings is 1. The van der Waals surface area contributed by atoms with Crippen LogP contribution in [0, 0.1) is 0 Å².